The second-order valence-electron chi connectivity index (χ2n) is 2.81. The molecular weight excluding hydrogens is 180 g/mol. The molecule has 70 valence electrons. The van der Waals surface area contributed by atoms with E-state index in [9.17, 15) is 0 Å². The zero-order valence-corrected chi connectivity index (χ0v) is 7.84. The van der Waals surface area contributed by atoms with Crippen LogP contribution in [0.25, 0.3) is 20.9 Å². The Bertz CT molecular complexity index is 412. The Balaban J connectivity index is 3.45. The highest BCUT2D eigenvalue weighted by molar-refractivity contribution is 5.61. The Morgan fingerprint density at radius 3 is 1.79 bits per heavy atom. The second-order valence-corrected chi connectivity index (χ2v) is 2.81. The van der Waals surface area contributed by atoms with Crippen LogP contribution in [0.5, 0.6) is 0 Å². The summed E-state index contributed by atoms with van der Waals surface area (Å²) in [6.07, 6.45) is 0. The molecular formula is C8H8N6. The van der Waals surface area contributed by atoms with Crippen LogP contribution in [0, 0.1) is 13.8 Å². The Labute approximate surface area is 80.4 Å². The topological polar surface area (TPSA) is 97.5 Å². The van der Waals surface area contributed by atoms with Crippen molar-refractivity contribution < 1.29 is 0 Å². The lowest BCUT2D eigenvalue weighted by atomic mass is 10.1. The molecule has 0 amide bonds. The van der Waals surface area contributed by atoms with Crippen LogP contribution in [0.3, 0.4) is 0 Å². The van der Waals surface area contributed by atoms with E-state index < -0.39 is 0 Å². The van der Waals surface area contributed by atoms with Crippen LogP contribution in [-0.4, -0.2) is 0 Å². The lowest BCUT2D eigenvalue weighted by Crippen LogP contribution is -1.78. The van der Waals surface area contributed by atoms with E-state index in [1.54, 1.807) is 19.1 Å². The molecule has 0 spiro atoms. The van der Waals surface area contributed by atoms with Gasteiger partial charge >= 0.3 is 0 Å². The summed E-state index contributed by atoms with van der Waals surface area (Å²) in [6.45, 7) is 3.58. The quantitative estimate of drug-likeness (QED) is 0.377. The Hall–Kier alpha value is -2.16. The first-order valence-electron chi connectivity index (χ1n) is 3.90. The van der Waals surface area contributed by atoms with E-state index in [0.717, 1.165) is 5.56 Å². The molecule has 1 aromatic carbocycles. The minimum Gasteiger partial charge on any atom is -0.0605 e. The van der Waals surface area contributed by atoms with Crippen LogP contribution in [-0.2, 0) is 0 Å². The van der Waals surface area contributed by atoms with Crippen molar-refractivity contribution in [1.29, 1.82) is 0 Å². The summed E-state index contributed by atoms with van der Waals surface area (Å²) in [5.74, 6) is 0. The maximum absolute atomic E-state index is 8.31. The third kappa shape index (κ3) is 1.95. The third-order valence-corrected chi connectivity index (χ3v) is 1.80. The summed E-state index contributed by atoms with van der Waals surface area (Å²) in [6, 6.07) is 3.48. The van der Waals surface area contributed by atoms with Gasteiger partial charge in [0.25, 0.3) is 0 Å². The molecule has 0 N–H and O–H groups in total. The number of hydrogen-bond acceptors (Lipinski definition) is 2. The van der Waals surface area contributed by atoms with Crippen molar-refractivity contribution in [2.24, 2.45) is 10.2 Å². The summed E-state index contributed by atoms with van der Waals surface area (Å²) >= 11 is 0. The number of azide groups is 2. The molecule has 0 atom stereocenters. The smallest absolute Gasteiger partial charge is 0.0411 e. The molecule has 1 aromatic rings. The van der Waals surface area contributed by atoms with Crippen molar-refractivity contribution in [2.75, 3.05) is 0 Å². The normalized spacial score (nSPS) is 8.71. The van der Waals surface area contributed by atoms with Crippen LogP contribution in [0.4, 0.5) is 11.4 Å². The van der Waals surface area contributed by atoms with Gasteiger partial charge in [-0.05, 0) is 42.6 Å². The molecule has 0 saturated carbocycles. The number of nitrogens with zero attached hydrogens (tertiary/aromatic N) is 6. The number of benzene rings is 1. The molecule has 0 aliphatic carbocycles. The minimum atomic E-state index is 0.495. The van der Waals surface area contributed by atoms with Crippen LogP contribution in [0.2, 0.25) is 0 Å². The molecule has 0 fully saturated rings. The first-order valence-corrected chi connectivity index (χ1v) is 3.90. The maximum Gasteiger partial charge on any atom is 0.0411 e. The first-order chi connectivity index (χ1) is 6.69. The highest BCUT2D eigenvalue weighted by atomic mass is 15.1. The van der Waals surface area contributed by atoms with Crippen LogP contribution < -0.4 is 0 Å². The van der Waals surface area contributed by atoms with Crippen molar-refractivity contribution >= 4 is 11.4 Å². The molecule has 0 heterocycles. The van der Waals surface area contributed by atoms with Gasteiger partial charge in [-0.2, -0.15) is 0 Å². The fraction of sp³-hybridized carbons (Fsp3) is 0.250. The second kappa shape index (κ2) is 4.18. The van der Waals surface area contributed by atoms with Gasteiger partial charge in [0.1, 0.15) is 0 Å². The Morgan fingerprint density at radius 2 is 1.43 bits per heavy atom. The third-order valence-electron chi connectivity index (χ3n) is 1.80. The van der Waals surface area contributed by atoms with Crippen molar-refractivity contribution in [3.05, 3.63) is 44.1 Å². The molecule has 0 radical (unpaired) electrons. The van der Waals surface area contributed by atoms with Crippen molar-refractivity contribution in [3.63, 3.8) is 0 Å². The number of aryl methyl sites for hydroxylation is 1. The van der Waals surface area contributed by atoms with Crippen molar-refractivity contribution in [3.8, 4) is 0 Å². The lowest BCUT2D eigenvalue weighted by Gasteiger charge is -2.04. The largest absolute Gasteiger partial charge is 0.0605 e. The standard InChI is InChI=1S/C8H8N6/c1-5-3-7(11-13-9)6(2)8(4-5)12-14-10/h3-4H,1-2H3. The van der Waals surface area contributed by atoms with Crippen LogP contribution in [0.15, 0.2) is 22.4 Å². The van der Waals surface area contributed by atoms with Gasteiger partial charge in [-0.3, -0.25) is 0 Å². The van der Waals surface area contributed by atoms with Crippen LogP contribution in [0.1, 0.15) is 11.1 Å². The van der Waals surface area contributed by atoms with Gasteiger partial charge in [0.2, 0.25) is 0 Å². The first kappa shape index (κ1) is 9.92. The summed E-state index contributed by atoms with van der Waals surface area (Å²) in [5, 5.41) is 7.01. The van der Waals surface area contributed by atoms with Gasteiger partial charge < -0.3 is 0 Å². The summed E-state index contributed by atoms with van der Waals surface area (Å²) in [5.41, 5.74) is 19.2. The monoisotopic (exact) mass is 188 g/mol. The van der Waals surface area contributed by atoms with Gasteiger partial charge in [-0.15, -0.1) is 0 Å². The van der Waals surface area contributed by atoms with Crippen molar-refractivity contribution in [2.45, 2.75) is 13.8 Å². The zero-order chi connectivity index (χ0) is 10.6. The van der Waals surface area contributed by atoms with E-state index in [4.69, 9.17) is 11.1 Å². The van der Waals surface area contributed by atoms with Gasteiger partial charge in [-0.25, -0.2) is 0 Å². The van der Waals surface area contributed by atoms with E-state index in [0.29, 0.717) is 16.9 Å². The molecule has 0 aliphatic rings. The van der Waals surface area contributed by atoms with E-state index in [-0.39, 0.29) is 0 Å². The lowest BCUT2D eigenvalue weighted by molar-refractivity contribution is 1.30. The summed E-state index contributed by atoms with van der Waals surface area (Å²) in [7, 11) is 0. The van der Waals surface area contributed by atoms with Gasteiger partial charge in [0.15, 0.2) is 0 Å². The average Bonchev–Trinajstić information content (AvgIpc) is 2.14. The average molecular weight is 188 g/mol. The van der Waals surface area contributed by atoms with E-state index in [1.807, 2.05) is 6.92 Å². The van der Waals surface area contributed by atoms with Gasteiger partial charge in [0.05, 0.1) is 0 Å². The van der Waals surface area contributed by atoms with E-state index >= 15 is 0 Å². The number of hydrogen-bond donors (Lipinski definition) is 0. The molecule has 0 aliphatic heterocycles. The van der Waals surface area contributed by atoms with Gasteiger partial charge in [0, 0.05) is 21.2 Å². The molecule has 0 aromatic heterocycles. The molecule has 0 unspecified atom stereocenters. The van der Waals surface area contributed by atoms with E-state index in [2.05, 4.69) is 20.1 Å². The fourth-order valence-corrected chi connectivity index (χ4v) is 1.12. The van der Waals surface area contributed by atoms with Gasteiger partial charge in [-0.1, -0.05) is 15.8 Å². The Morgan fingerprint density at radius 1 is 1.00 bits per heavy atom. The maximum atomic E-state index is 8.31. The number of rotatable bonds is 2. The predicted octanol–water partition coefficient (Wildman–Crippen LogP) is 4.19. The molecule has 6 nitrogen and oxygen atoms in total. The minimum absolute atomic E-state index is 0.495. The molecule has 6 heteroatoms. The SMILES string of the molecule is Cc1cc(N=[N+]=[N-])c(C)c(N=[N+]=[N-])c1. The molecule has 0 bridgehead atoms. The summed E-state index contributed by atoms with van der Waals surface area (Å²) in [4.78, 5) is 5.40. The molecule has 14 heavy (non-hydrogen) atoms. The highest BCUT2D eigenvalue weighted by Gasteiger charge is 2.02. The fourth-order valence-electron chi connectivity index (χ4n) is 1.12. The predicted molar refractivity (Wildman–Crippen MR) is 53.5 cm³/mol. The zero-order valence-electron chi connectivity index (χ0n) is 7.84. The molecule has 0 saturated heterocycles. The van der Waals surface area contributed by atoms with Crippen LogP contribution >= 0.6 is 0 Å². The summed E-state index contributed by atoms with van der Waals surface area (Å²) < 4.78 is 0. The van der Waals surface area contributed by atoms with Crippen molar-refractivity contribution in [1.82, 2.24) is 0 Å². The highest BCUT2D eigenvalue weighted by Crippen LogP contribution is 2.30. The Kier molecular flexibility index (Phi) is 2.97. The van der Waals surface area contributed by atoms with E-state index in [1.165, 1.54) is 0 Å². The molecule has 1 rings (SSSR count).